The van der Waals surface area contributed by atoms with Crippen LogP contribution in [-0.4, -0.2) is 9.13 Å². The molecule has 17 heavy (non-hydrogen) atoms. The first-order valence-electron chi connectivity index (χ1n) is 4.71. The summed E-state index contributed by atoms with van der Waals surface area (Å²) in [5, 5.41) is 0. The largest absolute Gasteiger partial charge is 0.248 e. The molecule has 0 bridgehead atoms. The highest BCUT2D eigenvalue weighted by molar-refractivity contribution is 14.1. The number of aromatic nitrogens is 4. The van der Waals surface area contributed by atoms with Crippen LogP contribution in [0.4, 0.5) is 0 Å². The van der Waals surface area contributed by atoms with Crippen molar-refractivity contribution < 1.29 is 9.13 Å². The maximum atomic E-state index is 2.39. The van der Waals surface area contributed by atoms with Crippen molar-refractivity contribution >= 4 is 90.4 Å². The number of imidazole rings is 2. The van der Waals surface area contributed by atoms with Crippen molar-refractivity contribution in [1.82, 2.24) is 9.13 Å². The van der Waals surface area contributed by atoms with Crippen molar-refractivity contribution in [2.75, 3.05) is 0 Å². The van der Waals surface area contributed by atoms with Crippen LogP contribution >= 0.6 is 90.4 Å². The van der Waals surface area contributed by atoms with Gasteiger partial charge in [-0.15, -0.1) is 0 Å². The third-order valence-corrected chi connectivity index (χ3v) is 9.26. The van der Waals surface area contributed by atoms with Gasteiger partial charge in [-0.1, -0.05) is 0 Å². The summed E-state index contributed by atoms with van der Waals surface area (Å²) in [6.45, 7) is 0.851. The minimum atomic E-state index is 0.851. The molecule has 2 aromatic heterocycles. The monoisotopic (exact) mass is 682 g/mol. The standard InChI is InChI=1S/C9H10I4N4/c1-14-3-16(8(12)6(14)10)5-17-4-15(2)7(11)9(17)13/h3-4H,5H2,1-2H3/q+2. The first kappa shape index (κ1) is 14.7. The molecule has 2 aromatic rings. The molecule has 2 heterocycles. The second kappa shape index (κ2) is 5.76. The Labute approximate surface area is 154 Å². The number of halogens is 4. The summed E-state index contributed by atoms with van der Waals surface area (Å²) < 4.78 is 13.9. The van der Waals surface area contributed by atoms with Gasteiger partial charge in [-0.3, -0.25) is 0 Å². The van der Waals surface area contributed by atoms with Crippen molar-refractivity contribution in [1.29, 1.82) is 0 Å². The quantitative estimate of drug-likeness (QED) is 0.341. The zero-order valence-corrected chi connectivity index (χ0v) is 17.8. The van der Waals surface area contributed by atoms with Gasteiger partial charge in [-0.2, -0.15) is 9.13 Å². The van der Waals surface area contributed by atoms with Crippen LogP contribution in [0.5, 0.6) is 0 Å². The molecule has 0 N–H and O–H groups in total. The molecule has 0 fully saturated rings. The topological polar surface area (TPSA) is 17.6 Å². The first-order chi connectivity index (χ1) is 7.91. The highest BCUT2D eigenvalue weighted by Crippen LogP contribution is 2.15. The number of aryl methyl sites for hydroxylation is 2. The molecule has 0 radical (unpaired) electrons. The molecule has 0 aliphatic heterocycles. The maximum absolute atomic E-state index is 2.39. The summed E-state index contributed by atoms with van der Waals surface area (Å²) in [7, 11) is 4.15. The van der Waals surface area contributed by atoms with Gasteiger partial charge in [0, 0.05) is 90.4 Å². The van der Waals surface area contributed by atoms with Crippen LogP contribution in [0.1, 0.15) is 0 Å². The molecule has 0 aromatic carbocycles. The summed E-state index contributed by atoms with van der Waals surface area (Å²) >= 11 is 9.52. The van der Waals surface area contributed by atoms with E-state index in [1.807, 2.05) is 0 Å². The van der Waals surface area contributed by atoms with E-state index >= 15 is 0 Å². The van der Waals surface area contributed by atoms with E-state index in [0.29, 0.717) is 0 Å². The molecule has 0 amide bonds. The SMILES string of the molecule is C[n+]1cn(Cn2c[n+](C)c(I)c2I)c(I)c1I. The van der Waals surface area contributed by atoms with Gasteiger partial charge in [0.05, 0.1) is 14.1 Å². The van der Waals surface area contributed by atoms with Crippen molar-refractivity contribution in [3.63, 3.8) is 0 Å². The average Bonchev–Trinajstić information content (AvgIpc) is 2.66. The lowest BCUT2D eigenvalue weighted by Crippen LogP contribution is -2.29. The third kappa shape index (κ3) is 2.93. The van der Waals surface area contributed by atoms with Gasteiger partial charge >= 0.3 is 0 Å². The van der Waals surface area contributed by atoms with E-state index in [1.54, 1.807) is 0 Å². The smallest absolute Gasteiger partial charge is 0.227 e. The first-order valence-corrected chi connectivity index (χ1v) is 9.03. The van der Waals surface area contributed by atoms with Gasteiger partial charge in [-0.05, 0) is 0 Å². The Morgan fingerprint density at radius 3 is 1.47 bits per heavy atom. The van der Waals surface area contributed by atoms with Crippen LogP contribution in [0.15, 0.2) is 12.7 Å². The van der Waals surface area contributed by atoms with Crippen LogP contribution in [-0.2, 0) is 20.8 Å². The van der Waals surface area contributed by atoms with Gasteiger partial charge in [0.1, 0.15) is 0 Å². The fourth-order valence-corrected chi connectivity index (χ4v) is 3.69. The molecule has 0 atom stereocenters. The minimum absolute atomic E-state index is 0.851. The van der Waals surface area contributed by atoms with E-state index < -0.39 is 0 Å². The lowest BCUT2D eigenvalue weighted by Gasteiger charge is -1.94. The Hall–Kier alpha value is 1.34. The molecular weight excluding hydrogens is 672 g/mol. The zero-order valence-electron chi connectivity index (χ0n) is 9.16. The van der Waals surface area contributed by atoms with Gasteiger partial charge in [-0.25, -0.2) is 9.13 Å². The molecule has 0 spiro atoms. The summed E-state index contributed by atoms with van der Waals surface area (Å²) in [4.78, 5) is 0. The van der Waals surface area contributed by atoms with Gasteiger partial charge in [0.15, 0.2) is 0 Å². The summed E-state index contributed by atoms with van der Waals surface area (Å²) in [5.41, 5.74) is 0. The van der Waals surface area contributed by atoms with Crippen LogP contribution < -0.4 is 9.13 Å². The molecule has 0 aliphatic rings. The Kier molecular flexibility index (Phi) is 5.00. The van der Waals surface area contributed by atoms with Crippen molar-refractivity contribution in [3.8, 4) is 0 Å². The molecular formula is C9H10I4N4+2. The molecule has 2 rings (SSSR count). The Balaban J connectivity index is 2.38. The predicted octanol–water partition coefficient (Wildman–Crippen LogP) is 1.86. The highest BCUT2D eigenvalue weighted by atomic mass is 127. The lowest BCUT2D eigenvalue weighted by atomic mass is 10.8. The summed E-state index contributed by atoms with van der Waals surface area (Å²) in [6.07, 6.45) is 4.26. The number of hydrogen-bond donors (Lipinski definition) is 0. The van der Waals surface area contributed by atoms with Gasteiger partial charge in [0.25, 0.3) is 0 Å². The van der Waals surface area contributed by atoms with Crippen molar-refractivity contribution in [3.05, 3.63) is 27.5 Å². The normalized spacial score (nSPS) is 11.2. The molecule has 4 nitrogen and oxygen atoms in total. The minimum Gasteiger partial charge on any atom is -0.227 e. The number of hydrogen-bond acceptors (Lipinski definition) is 0. The molecule has 0 saturated carbocycles. The zero-order chi connectivity index (χ0) is 12.7. The van der Waals surface area contributed by atoms with Crippen molar-refractivity contribution in [2.45, 2.75) is 6.67 Å². The van der Waals surface area contributed by atoms with E-state index in [1.165, 1.54) is 14.8 Å². The van der Waals surface area contributed by atoms with Gasteiger partial charge in [0.2, 0.25) is 34.1 Å². The van der Waals surface area contributed by atoms with Crippen LogP contribution in [0.3, 0.4) is 0 Å². The fraction of sp³-hybridized carbons (Fsp3) is 0.333. The highest BCUT2D eigenvalue weighted by Gasteiger charge is 2.22. The lowest BCUT2D eigenvalue weighted by molar-refractivity contribution is -0.684. The Morgan fingerprint density at radius 1 is 0.882 bits per heavy atom. The third-order valence-electron chi connectivity index (χ3n) is 2.39. The second-order valence-corrected chi connectivity index (χ2v) is 7.78. The summed E-state index contributed by atoms with van der Waals surface area (Å²) in [5.74, 6) is 0. The molecule has 92 valence electrons. The van der Waals surface area contributed by atoms with E-state index in [2.05, 4.69) is 135 Å². The van der Waals surface area contributed by atoms with Crippen molar-refractivity contribution in [2.24, 2.45) is 14.1 Å². The van der Waals surface area contributed by atoms with Crippen LogP contribution in [0, 0.1) is 14.8 Å². The van der Waals surface area contributed by atoms with Gasteiger partial charge < -0.3 is 0 Å². The van der Waals surface area contributed by atoms with E-state index in [9.17, 15) is 0 Å². The Morgan fingerprint density at radius 2 is 1.24 bits per heavy atom. The second-order valence-electron chi connectivity index (χ2n) is 3.70. The molecule has 0 aliphatic carbocycles. The molecule has 8 heteroatoms. The number of rotatable bonds is 2. The van der Waals surface area contributed by atoms with Crippen LogP contribution in [0.2, 0.25) is 0 Å². The average molecular weight is 682 g/mol. The molecule has 0 unspecified atom stereocenters. The Bertz CT molecular complexity index is 522. The number of nitrogens with zero attached hydrogens (tertiary/aromatic N) is 4. The summed E-state index contributed by atoms with van der Waals surface area (Å²) in [6, 6.07) is 0. The van der Waals surface area contributed by atoms with Crippen LogP contribution in [0.25, 0.3) is 0 Å². The fourth-order valence-electron chi connectivity index (χ4n) is 1.51. The van der Waals surface area contributed by atoms with E-state index in [-0.39, 0.29) is 0 Å². The predicted molar refractivity (Wildman–Crippen MR) is 97.5 cm³/mol. The molecule has 0 saturated heterocycles. The van der Waals surface area contributed by atoms with E-state index in [4.69, 9.17) is 0 Å². The van der Waals surface area contributed by atoms with E-state index in [0.717, 1.165) is 6.67 Å². The maximum Gasteiger partial charge on any atom is 0.248 e.